The molecule has 0 saturated heterocycles. The van der Waals surface area contributed by atoms with E-state index in [0.29, 0.717) is 0 Å². The molecule has 0 aliphatic heterocycles. The number of hydrogen-bond acceptors (Lipinski definition) is 0. The minimum absolute atomic E-state index is 0.135. The van der Waals surface area contributed by atoms with Crippen LogP contribution in [-0.2, 0) is 12.0 Å². The first-order chi connectivity index (χ1) is 8.89. The largest absolute Gasteiger partial charge is 0.197 e. The Hall–Kier alpha value is -1.37. The third-order valence-electron chi connectivity index (χ3n) is 3.65. The maximum Gasteiger partial charge on any atom is 0.189 e. The topological polar surface area (TPSA) is 3.88 Å². The number of aryl methyl sites for hydroxylation is 1. The van der Waals surface area contributed by atoms with Crippen LogP contribution in [0.4, 0.5) is 0 Å². The van der Waals surface area contributed by atoms with E-state index in [0.717, 1.165) is 12.3 Å². The maximum absolute atomic E-state index is 2.44. The standard InChI is InChI=1S/C18H26N/c1-14(2)10-11-17-16-9-7-6-8-15(16)12-13-19(17)18(3,4)5/h6-9,12-14H,10-11H2,1-5H3/q+1. The van der Waals surface area contributed by atoms with Crippen LogP contribution in [0.25, 0.3) is 10.8 Å². The Morgan fingerprint density at radius 2 is 1.74 bits per heavy atom. The first-order valence-corrected chi connectivity index (χ1v) is 7.32. The SMILES string of the molecule is CC(C)CCc1c2ccccc2cc[n+]1C(C)(C)C. The molecule has 102 valence electrons. The molecular weight excluding hydrogens is 230 g/mol. The van der Waals surface area contributed by atoms with Gasteiger partial charge in [0.25, 0.3) is 0 Å². The van der Waals surface area contributed by atoms with Crippen LogP contribution >= 0.6 is 0 Å². The van der Waals surface area contributed by atoms with Gasteiger partial charge in [0.1, 0.15) is 0 Å². The molecule has 0 atom stereocenters. The Labute approximate surface area is 117 Å². The lowest BCUT2D eigenvalue weighted by Crippen LogP contribution is -2.53. The van der Waals surface area contributed by atoms with Gasteiger partial charge in [-0.3, -0.25) is 0 Å². The van der Waals surface area contributed by atoms with E-state index in [4.69, 9.17) is 0 Å². The van der Waals surface area contributed by atoms with Crippen molar-refractivity contribution in [3.63, 3.8) is 0 Å². The predicted octanol–water partition coefficient (Wildman–Crippen LogP) is 4.47. The summed E-state index contributed by atoms with van der Waals surface area (Å²) < 4.78 is 2.44. The quantitative estimate of drug-likeness (QED) is 0.713. The molecule has 1 aromatic carbocycles. The third-order valence-corrected chi connectivity index (χ3v) is 3.65. The smallest absolute Gasteiger partial charge is 0.189 e. The second kappa shape index (κ2) is 5.32. The lowest BCUT2D eigenvalue weighted by atomic mass is 9.98. The van der Waals surface area contributed by atoms with E-state index in [1.807, 2.05) is 0 Å². The van der Waals surface area contributed by atoms with Crippen molar-refractivity contribution >= 4 is 10.8 Å². The van der Waals surface area contributed by atoms with Crippen LogP contribution < -0.4 is 4.57 Å². The zero-order valence-electron chi connectivity index (χ0n) is 12.9. The van der Waals surface area contributed by atoms with E-state index < -0.39 is 0 Å². The number of hydrogen-bond donors (Lipinski definition) is 0. The Bertz CT molecular complexity index is 561. The van der Waals surface area contributed by atoms with Crippen molar-refractivity contribution in [2.24, 2.45) is 5.92 Å². The summed E-state index contributed by atoms with van der Waals surface area (Å²) >= 11 is 0. The van der Waals surface area contributed by atoms with Gasteiger partial charge in [-0.2, -0.15) is 4.57 Å². The highest BCUT2D eigenvalue weighted by molar-refractivity contribution is 5.83. The highest BCUT2D eigenvalue weighted by atomic mass is 15.0. The minimum Gasteiger partial charge on any atom is -0.197 e. The van der Waals surface area contributed by atoms with Gasteiger partial charge in [0, 0.05) is 38.6 Å². The summed E-state index contributed by atoms with van der Waals surface area (Å²) in [5.41, 5.74) is 1.61. The monoisotopic (exact) mass is 256 g/mol. The molecule has 0 radical (unpaired) electrons. The first kappa shape index (κ1) is 14.0. The summed E-state index contributed by atoms with van der Waals surface area (Å²) in [7, 11) is 0. The van der Waals surface area contributed by atoms with E-state index >= 15 is 0 Å². The molecule has 0 unspecified atom stereocenters. The molecule has 0 spiro atoms. The summed E-state index contributed by atoms with van der Waals surface area (Å²) in [5, 5.41) is 2.75. The van der Waals surface area contributed by atoms with Crippen molar-refractivity contribution in [3.8, 4) is 0 Å². The average molecular weight is 256 g/mol. The molecule has 0 aliphatic rings. The van der Waals surface area contributed by atoms with Gasteiger partial charge in [-0.15, -0.1) is 0 Å². The van der Waals surface area contributed by atoms with Gasteiger partial charge in [-0.05, 0) is 23.8 Å². The average Bonchev–Trinajstić information content (AvgIpc) is 2.34. The van der Waals surface area contributed by atoms with Crippen molar-refractivity contribution in [1.82, 2.24) is 0 Å². The molecule has 0 bridgehead atoms. The third kappa shape index (κ3) is 3.15. The number of aromatic nitrogens is 1. The van der Waals surface area contributed by atoms with E-state index in [-0.39, 0.29) is 5.54 Å². The van der Waals surface area contributed by atoms with Crippen molar-refractivity contribution < 1.29 is 4.57 Å². The van der Waals surface area contributed by atoms with Crippen LogP contribution in [0.2, 0.25) is 0 Å². The number of nitrogens with zero attached hydrogens (tertiary/aromatic N) is 1. The summed E-state index contributed by atoms with van der Waals surface area (Å²) in [6, 6.07) is 11.0. The molecule has 0 N–H and O–H groups in total. The maximum atomic E-state index is 2.44. The molecule has 1 heteroatoms. The fraction of sp³-hybridized carbons (Fsp3) is 0.500. The van der Waals surface area contributed by atoms with Gasteiger partial charge in [-0.1, -0.05) is 32.0 Å². The van der Waals surface area contributed by atoms with Crippen LogP contribution in [0, 0.1) is 5.92 Å². The zero-order valence-corrected chi connectivity index (χ0v) is 12.9. The van der Waals surface area contributed by atoms with Gasteiger partial charge in [0.05, 0.1) is 0 Å². The van der Waals surface area contributed by atoms with Gasteiger partial charge < -0.3 is 0 Å². The van der Waals surface area contributed by atoms with E-state index in [1.165, 1.54) is 22.9 Å². The fourth-order valence-corrected chi connectivity index (χ4v) is 2.59. The van der Waals surface area contributed by atoms with Crippen LogP contribution in [0.15, 0.2) is 36.5 Å². The summed E-state index contributed by atoms with van der Waals surface area (Å²) in [6.07, 6.45) is 4.64. The van der Waals surface area contributed by atoms with Crippen molar-refractivity contribution in [2.75, 3.05) is 0 Å². The van der Waals surface area contributed by atoms with Crippen LogP contribution in [-0.4, -0.2) is 0 Å². The van der Waals surface area contributed by atoms with E-state index in [2.05, 4.69) is 75.7 Å². The molecule has 1 nitrogen and oxygen atoms in total. The number of fused-ring (bicyclic) bond motifs is 1. The molecule has 2 aromatic rings. The lowest BCUT2D eigenvalue weighted by molar-refractivity contribution is -0.759. The summed E-state index contributed by atoms with van der Waals surface area (Å²) in [5.74, 6) is 0.743. The van der Waals surface area contributed by atoms with Gasteiger partial charge in [0.2, 0.25) is 0 Å². The molecular formula is C18H26N+. The molecule has 0 saturated carbocycles. The molecule has 0 aliphatic carbocycles. The lowest BCUT2D eigenvalue weighted by Gasteiger charge is -2.18. The Kier molecular flexibility index (Phi) is 3.93. The van der Waals surface area contributed by atoms with E-state index in [9.17, 15) is 0 Å². The van der Waals surface area contributed by atoms with Crippen LogP contribution in [0.5, 0.6) is 0 Å². The van der Waals surface area contributed by atoms with Crippen LogP contribution in [0.3, 0.4) is 0 Å². The summed E-state index contributed by atoms with van der Waals surface area (Å²) in [6.45, 7) is 11.4. The molecule has 1 aromatic heterocycles. The second-order valence-electron chi connectivity index (χ2n) is 6.82. The Morgan fingerprint density at radius 3 is 2.37 bits per heavy atom. The Morgan fingerprint density at radius 1 is 1.05 bits per heavy atom. The normalized spacial score (nSPS) is 12.3. The van der Waals surface area contributed by atoms with Gasteiger partial charge >= 0.3 is 0 Å². The van der Waals surface area contributed by atoms with E-state index in [1.54, 1.807) is 0 Å². The van der Waals surface area contributed by atoms with Crippen LogP contribution in [0.1, 0.15) is 46.7 Å². The first-order valence-electron chi connectivity index (χ1n) is 7.32. The summed E-state index contributed by atoms with van der Waals surface area (Å²) in [4.78, 5) is 0. The minimum atomic E-state index is 0.135. The highest BCUT2D eigenvalue weighted by Gasteiger charge is 2.26. The molecule has 0 fully saturated rings. The predicted molar refractivity (Wildman–Crippen MR) is 82.3 cm³/mol. The Balaban J connectivity index is 2.58. The second-order valence-corrected chi connectivity index (χ2v) is 6.82. The van der Waals surface area contributed by atoms with Crippen molar-refractivity contribution in [2.45, 2.75) is 53.0 Å². The zero-order chi connectivity index (χ0) is 14.0. The number of pyridine rings is 1. The highest BCUT2D eigenvalue weighted by Crippen LogP contribution is 2.20. The molecule has 1 heterocycles. The molecule has 2 rings (SSSR count). The fourth-order valence-electron chi connectivity index (χ4n) is 2.59. The van der Waals surface area contributed by atoms with Gasteiger partial charge in [-0.25, -0.2) is 0 Å². The van der Waals surface area contributed by atoms with Crippen molar-refractivity contribution in [3.05, 3.63) is 42.2 Å². The number of benzene rings is 1. The molecule has 0 amide bonds. The van der Waals surface area contributed by atoms with Gasteiger partial charge in [0.15, 0.2) is 17.4 Å². The van der Waals surface area contributed by atoms with Crippen molar-refractivity contribution in [1.29, 1.82) is 0 Å². The molecule has 19 heavy (non-hydrogen) atoms. The number of rotatable bonds is 3.